The van der Waals surface area contributed by atoms with E-state index in [9.17, 15) is 9.90 Å². The Hall–Kier alpha value is -2.47. The van der Waals surface area contributed by atoms with Gasteiger partial charge in [-0.25, -0.2) is 0 Å². The molecule has 0 radical (unpaired) electrons. The van der Waals surface area contributed by atoms with Crippen molar-refractivity contribution in [3.63, 3.8) is 0 Å². The van der Waals surface area contributed by atoms with Crippen LogP contribution in [0.3, 0.4) is 0 Å². The zero-order chi connectivity index (χ0) is 23.8. The molecule has 0 aromatic heterocycles. The summed E-state index contributed by atoms with van der Waals surface area (Å²) in [4.78, 5) is 10.8. The van der Waals surface area contributed by atoms with Gasteiger partial charge >= 0.3 is 5.97 Å². The number of aliphatic hydroxyl groups is 1. The second kappa shape index (κ2) is 11.6. The number of fused-ring (bicyclic) bond motifs is 1. The molecule has 2 aromatic carbocycles. The van der Waals surface area contributed by atoms with E-state index in [1.54, 1.807) is 6.08 Å². The molecule has 0 saturated heterocycles. The third kappa shape index (κ3) is 7.81. The number of rotatable bonds is 12. The van der Waals surface area contributed by atoms with E-state index < -0.39 is 12.1 Å². The first-order chi connectivity index (χ1) is 15.7. The first-order valence-electron chi connectivity index (χ1n) is 11.8. The molecular weight excluding hydrogens is 414 g/mol. The fraction of sp³-hybridized carbons (Fsp3) is 0.464. The van der Waals surface area contributed by atoms with E-state index in [2.05, 4.69) is 43.4 Å². The fourth-order valence-corrected chi connectivity index (χ4v) is 4.71. The minimum Gasteiger partial charge on any atom is -0.481 e. The highest BCUT2D eigenvalue weighted by Gasteiger charge is 2.28. The topological polar surface area (TPSA) is 78.8 Å². The second-order valence-corrected chi connectivity index (χ2v) is 9.77. The Morgan fingerprint density at radius 2 is 1.79 bits per heavy atom. The monoisotopic (exact) mass is 451 g/mol. The van der Waals surface area contributed by atoms with Gasteiger partial charge in [0.25, 0.3) is 0 Å². The van der Waals surface area contributed by atoms with Gasteiger partial charge in [0.2, 0.25) is 0 Å². The lowest BCUT2D eigenvalue weighted by molar-refractivity contribution is -0.135. The van der Waals surface area contributed by atoms with Gasteiger partial charge < -0.3 is 20.3 Å². The van der Waals surface area contributed by atoms with Crippen LogP contribution in [0.2, 0.25) is 0 Å². The van der Waals surface area contributed by atoms with E-state index in [-0.39, 0.29) is 24.7 Å². The lowest BCUT2D eigenvalue weighted by Gasteiger charge is -2.31. The smallest absolute Gasteiger partial charge is 0.307 e. The van der Waals surface area contributed by atoms with Crippen LogP contribution in [-0.2, 0) is 22.4 Å². The number of carboxylic acids is 1. The van der Waals surface area contributed by atoms with Gasteiger partial charge in [0.1, 0.15) is 0 Å². The molecule has 0 heterocycles. The number of aliphatic carboxylic acids is 1. The third-order valence-corrected chi connectivity index (χ3v) is 6.31. The largest absolute Gasteiger partial charge is 0.481 e. The van der Waals surface area contributed by atoms with Gasteiger partial charge in [-0.05, 0) is 68.2 Å². The van der Waals surface area contributed by atoms with Crippen molar-refractivity contribution in [1.29, 1.82) is 0 Å². The van der Waals surface area contributed by atoms with Gasteiger partial charge in [0.15, 0.2) is 0 Å². The predicted octanol–water partition coefficient (Wildman–Crippen LogP) is 4.79. The molecule has 5 nitrogen and oxygen atoms in total. The summed E-state index contributed by atoms with van der Waals surface area (Å²) < 4.78 is 5.96. The van der Waals surface area contributed by atoms with E-state index in [0.29, 0.717) is 12.5 Å². The number of carboxylic acid groups (broad SMARTS) is 1. The van der Waals surface area contributed by atoms with Gasteiger partial charge in [-0.3, -0.25) is 4.79 Å². The maximum Gasteiger partial charge on any atom is 0.307 e. The van der Waals surface area contributed by atoms with E-state index >= 15 is 0 Å². The van der Waals surface area contributed by atoms with Crippen molar-refractivity contribution in [2.75, 3.05) is 13.2 Å². The molecule has 0 fully saturated rings. The number of β-amino-alcohol motifs (C(OH)–C–C–N with tert-alkyl or cyclic N) is 1. The van der Waals surface area contributed by atoms with Crippen LogP contribution in [0.15, 0.2) is 54.6 Å². The maximum absolute atomic E-state index is 10.8. The maximum atomic E-state index is 10.8. The summed E-state index contributed by atoms with van der Waals surface area (Å²) in [6.45, 7) is 7.05. The average Bonchev–Trinajstić information content (AvgIpc) is 3.17. The van der Waals surface area contributed by atoms with Crippen LogP contribution < -0.4 is 5.32 Å². The van der Waals surface area contributed by atoms with Gasteiger partial charge in [0.05, 0.1) is 25.2 Å². The van der Waals surface area contributed by atoms with Crippen molar-refractivity contribution in [2.45, 2.75) is 64.2 Å². The Kier molecular flexibility index (Phi) is 8.84. The highest BCUT2D eigenvalue weighted by atomic mass is 16.5. The van der Waals surface area contributed by atoms with Crippen LogP contribution in [-0.4, -0.2) is 41.0 Å². The highest BCUT2D eigenvalue weighted by molar-refractivity contribution is 5.70. The van der Waals surface area contributed by atoms with Crippen molar-refractivity contribution in [3.8, 4) is 0 Å². The normalized spacial score (nSPS) is 16.1. The predicted molar refractivity (Wildman–Crippen MR) is 132 cm³/mol. The number of carbonyl (C=O) groups is 1. The van der Waals surface area contributed by atoms with Gasteiger partial charge in [-0.15, -0.1) is 0 Å². The Balaban J connectivity index is 1.44. The number of ether oxygens (including phenoxy) is 1. The number of hydrogen-bond acceptors (Lipinski definition) is 4. The molecular formula is C28H37NO4. The average molecular weight is 452 g/mol. The number of benzene rings is 2. The Morgan fingerprint density at radius 3 is 2.45 bits per heavy atom. The van der Waals surface area contributed by atoms with E-state index in [1.165, 1.54) is 11.1 Å². The summed E-state index contributed by atoms with van der Waals surface area (Å²) in [5.74, 6) is -0.229. The Bertz CT molecular complexity index is 927. The summed E-state index contributed by atoms with van der Waals surface area (Å²) in [7, 11) is 0. The van der Waals surface area contributed by atoms with Crippen molar-refractivity contribution >= 4 is 12.0 Å². The lowest BCUT2D eigenvalue weighted by Crippen LogP contribution is -2.45. The molecule has 0 spiro atoms. The summed E-state index contributed by atoms with van der Waals surface area (Å²) in [6.07, 6.45) is 5.92. The summed E-state index contributed by atoms with van der Waals surface area (Å²) >= 11 is 0. The number of aliphatic hydroxyl groups excluding tert-OH is 1. The molecule has 2 atom stereocenters. The van der Waals surface area contributed by atoms with Crippen molar-refractivity contribution in [2.24, 2.45) is 5.92 Å². The molecule has 0 saturated carbocycles. The van der Waals surface area contributed by atoms with E-state index in [1.807, 2.05) is 37.3 Å². The SMILES string of the molecule is C[C@@H](OC[C@H](O)CNC(C)(C)CC1Cc2ccccc2C1)c1ccccc1C=CCC(=O)O. The molecule has 0 bridgehead atoms. The first-order valence-corrected chi connectivity index (χ1v) is 11.8. The third-order valence-electron chi connectivity index (χ3n) is 6.31. The van der Waals surface area contributed by atoms with Crippen LogP contribution in [0, 0.1) is 5.92 Å². The van der Waals surface area contributed by atoms with Crippen molar-refractivity contribution in [1.82, 2.24) is 5.32 Å². The molecule has 3 rings (SSSR count). The summed E-state index contributed by atoms with van der Waals surface area (Å²) in [5.41, 5.74) is 4.77. The number of hydrogen-bond donors (Lipinski definition) is 3. The molecule has 0 amide bonds. The first kappa shape index (κ1) is 25.2. The summed E-state index contributed by atoms with van der Waals surface area (Å²) in [5, 5.41) is 22.9. The van der Waals surface area contributed by atoms with Crippen LogP contribution in [0.5, 0.6) is 0 Å². The van der Waals surface area contributed by atoms with Gasteiger partial charge in [0, 0.05) is 12.1 Å². The van der Waals surface area contributed by atoms with Crippen molar-refractivity contribution < 1.29 is 19.7 Å². The molecule has 178 valence electrons. The molecule has 0 unspecified atom stereocenters. The molecule has 1 aliphatic carbocycles. The van der Waals surface area contributed by atoms with Crippen LogP contribution in [0.25, 0.3) is 6.08 Å². The molecule has 33 heavy (non-hydrogen) atoms. The molecule has 2 aromatic rings. The Labute approximate surface area is 197 Å². The summed E-state index contributed by atoms with van der Waals surface area (Å²) in [6, 6.07) is 16.5. The van der Waals surface area contributed by atoms with Crippen molar-refractivity contribution in [3.05, 3.63) is 76.9 Å². The number of nitrogens with one attached hydrogen (secondary N) is 1. The fourth-order valence-electron chi connectivity index (χ4n) is 4.71. The van der Waals surface area contributed by atoms with Gasteiger partial charge in [-0.2, -0.15) is 0 Å². The minimum absolute atomic E-state index is 0.0172. The van der Waals surface area contributed by atoms with Crippen LogP contribution >= 0.6 is 0 Å². The van der Waals surface area contributed by atoms with Gasteiger partial charge in [-0.1, -0.05) is 60.7 Å². The zero-order valence-electron chi connectivity index (χ0n) is 20.0. The van der Waals surface area contributed by atoms with Crippen LogP contribution in [0.1, 0.15) is 62.0 Å². The van der Waals surface area contributed by atoms with Crippen LogP contribution in [0.4, 0.5) is 0 Å². The lowest BCUT2D eigenvalue weighted by atomic mass is 9.88. The standard InChI is InChI=1S/C28H37NO4/c1-20(26-13-7-6-9-22(26)12-8-14-27(31)32)33-19-25(30)18-29-28(2,3)17-21-15-23-10-4-5-11-24(23)16-21/h4-13,20-21,25,29-30H,14-19H2,1-3H3,(H,31,32)/t20-,25-/m1/s1. The molecule has 3 N–H and O–H groups in total. The molecule has 0 aliphatic heterocycles. The minimum atomic E-state index is -0.857. The second-order valence-electron chi connectivity index (χ2n) is 9.77. The van der Waals surface area contributed by atoms with E-state index in [4.69, 9.17) is 9.84 Å². The molecule has 5 heteroatoms. The Morgan fingerprint density at radius 1 is 1.15 bits per heavy atom. The quantitative estimate of drug-likeness (QED) is 0.433. The zero-order valence-corrected chi connectivity index (χ0v) is 20.0. The van der Waals surface area contributed by atoms with E-state index in [0.717, 1.165) is 30.4 Å². The highest BCUT2D eigenvalue weighted by Crippen LogP contribution is 2.32. The molecule has 1 aliphatic rings.